The molecule has 0 aromatic heterocycles. The van der Waals surface area contributed by atoms with E-state index < -0.39 is 11.4 Å². The van der Waals surface area contributed by atoms with Crippen LogP contribution in [0, 0.1) is 5.41 Å². The molecule has 3 N–H and O–H groups in total. The number of benzene rings is 1. The van der Waals surface area contributed by atoms with Crippen molar-refractivity contribution < 1.29 is 18.0 Å². The fourth-order valence-electron chi connectivity index (χ4n) is 1.49. The highest BCUT2D eigenvalue weighted by molar-refractivity contribution is 8.00. The second kappa shape index (κ2) is 6.70. The van der Waals surface area contributed by atoms with Gasteiger partial charge in [0.15, 0.2) is 0 Å². The van der Waals surface area contributed by atoms with E-state index in [1.807, 2.05) is 20.8 Å². The zero-order chi connectivity index (χ0) is 16.3. The third kappa shape index (κ3) is 6.39. The summed E-state index contributed by atoms with van der Waals surface area (Å²) >= 11 is -0.252. The van der Waals surface area contributed by atoms with Crippen LogP contribution < -0.4 is 11.1 Å². The first-order valence-electron chi connectivity index (χ1n) is 6.39. The van der Waals surface area contributed by atoms with Crippen molar-refractivity contribution in [2.24, 2.45) is 11.1 Å². The van der Waals surface area contributed by atoms with Gasteiger partial charge in [0.1, 0.15) is 0 Å². The molecule has 0 fully saturated rings. The normalized spacial score (nSPS) is 13.9. The fraction of sp³-hybridized carbons (Fsp3) is 0.500. The van der Waals surface area contributed by atoms with Crippen LogP contribution in [0.2, 0.25) is 0 Å². The molecule has 0 saturated heterocycles. The van der Waals surface area contributed by atoms with Crippen LogP contribution in [0.1, 0.15) is 27.2 Å². The number of nitrogens with one attached hydrogen (secondary N) is 1. The number of anilines is 1. The number of para-hydroxylation sites is 1. The van der Waals surface area contributed by atoms with E-state index in [9.17, 15) is 18.0 Å². The number of nitrogens with two attached hydrogens (primary N) is 1. The Bertz CT molecular complexity index is 498. The Morgan fingerprint density at radius 1 is 1.29 bits per heavy atom. The molecule has 0 bridgehead atoms. The van der Waals surface area contributed by atoms with Gasteiger partial charge in [-0.3, -0.25) is 4.79 Å². The van der Waals surface area contributed by atoms with Crippen LogP contribution in [0.5, 0.6) is 0 Å². The predicted molar refractivity (Wildman–Crippen MR) is 79.0 cm³/mol. The number of rotatable bonds is 4. The molecule has 7 heteroatoms. The zero-order valence-electron chi connectivity index (χ0n) is 12.1. The maximum atomic E-state index is 12.5. The molecule has 1 rings (SSSR count). The van der Waals surface area contributed by atoms with Crippen LogP contribution in [0.3, 0.4) is 0 Å². The smallest absolute Gasteiger partial charge is 0.327 e. The predicted octanol–water partition coefficient (Wildman–Crippen LogP) is 4.00. The summed E-state index contributed by atoms with van der Waals surface area (Å²) in [5.74, 6) is -0.396. The van der Waals surface area contributed by atoms with Crippen molar-refractivity contribution in [1.82, 2.24) is 0 Å². The summed E-state index contributed by atoms with van der Waals surface area (Å²) in [6.45, 7) is 5.70. The number of hydrogen-bond donors (Lipinski definition) is 2. The first-order valence-corrected chi connectivity index (χ1v) is 7.21. The maximum absolute atomic E-state index is 12.5. The van der Waals surface area contributed by atoms with E-state index in [4.69, 9.17) is 5.73 Å². The van der Waals surface area contributed by atoms with Gasteiger partial charge in [-0.1, -0.05) is 32.9 Å². The van der Waals surface area contributed by atoms with Crippen LogP contribution in [-0.4, -0.2) is 17.5 Å². The zero-order valence-corrected chi connectivity index (χ0v) is 12.9. The van der Waals surface area contributed by atoms with Crippen LogP contribution in [-0.2, 0) is 4.79 Å². The van der Waals surface area contributed by atoms with Crippen molar-refractivity contribution in [3.8, 4) is 0 Å². The van der Waals surface area contributed by atoms with Gasteiger partial charge >= 0.3 is 5.51 Å². The molecule has 1 unspecified atom stereocenters. The molecule has 1 atom stereocenters. The van der Waals surface area contributed by atoms with E-state index in [-0.39, 0.29) is 40.2 Å². The number of carbonyl (C=O) groups is 1. The quantitative estimate of drug-likeness (QED) is 0.825. The molecule has 1 aromatic rings. The largest absolute Gasteiger partial charge is 0.446 e. The highest BCUT2D eigenvalue weighted by atomic mass is 32.2. The molecule has 1 amide bonds. The van der Waals surface area contributed by atoms with E-state index >= 15 is 0 Å². The Labute approximate surface area is 126 Å². The molecule has 0 aliphatic heterocycles. The second-order valence-corrected chi connectivity index (χ2v) is 6.88. The third-order valence-corrected chi connectivity index (χ3v) is 3.71. The molecule has 0 aliphatic carbocycles. The van der Waals surface area contributed by atoms with Gasteiger partial charge in [0.2, 0.25) is 5.91 Å². The van der Waals surface area contributed by atoms with E-state index in [0.717, 1.165) is 0 Å². The van der Waals surface area contributed by atoms with Gasteiger partial charge in [0, 0.05) is 17.4 Å². The Morgan fingerprint density at radius 3 is 2.38 bits per heavy atom. The molecular weight excluding hydrogens is 301 g/mol. The van der Waals surface area contributed by atoms with Crippen molar-refractivity contribution in [1.29, 1.82) is 0 Å². The lowest BCUT2D eigenvalue weighted by molar-refractivity contribution is -0.117. The van der Waals surface area contributed by atoms with Crippen LogP contribution >= 0.6 is 11.8 Å². The SMILES string of the molecule is CC(C)(C)C(N)CC(=O)Nc1ccccc1SC(F)(F)F. The molecule has 0 aliphatic rings. The fourth-order valence-corrected chi connectivity index (χ4v) is 2.12. The highest BCUT2D eigenvalue weighted by Crippen LogP contribution is 2.40. The number of hydrogen-bond acceptors (Lipinski definition) is 3. The molecule has 0 heterocycles. The summed E-state index contributed by atoms with van der Waals surface area (Å²) in [5.41, 5.74) is 1.39. The van der Waals surface area contributed by atoms with Crippen molar-refractivity contribution in [3.05, 3.63) is 24.3 Å². The summed E-state index contributed by atoms with van der Waals surface area (Å²) in [7, 11) is 0. The first-order chi connectivity index (χ1) is 9.49. The molecule has 0 radical (unpaired) electrons. The summed E-state index contributed by atoms with van der Waals surface area (Å²) in [5, 5.41) is 2.50. The van der Waals surface area contributed by atoms with E-state index in [1.165, 1.54) is 18.2 Å². The number of alkyl halides is 3. The lowest BCUT2D eigenvalue weighted by Crippen LogP contribution is -2.38. The minimum absolute atomic E-state index is 0.0392. The van der Waals surface area contributed by atoms with Crippen molar-refractivity contribution in [3.63, 3.8) is 0 Å². The standard InChI is InChI=1S/C14H19F3N2OS/c1-13(2,3)11(18)8-12(20)19-9-6-4-5-7-10(9)21-14(15,16)17/h4-7,11H,8,18H2,1-3H3,(H,19,20). The van der Waals surface area contributed by atoms with Gasteiger partial charge < -0.3 is 11.1 Å². The monoisotopic (exact) mass is 320 g/mol. The molecule has 0 saturated carbocycles. The van der Waals surface area contributed by atoms with Crippen molar-refractivity contribution >= 4 is 23.4 Å². The Balaban J connectivity index is 2.77. The van der Waals surface area contributed by atoms with Gasteiger partial charge in [-0.05, 0) is 29.3 Å². The number of thioether (sulfide) groups is 1. The first kappa shape index (κ1) is 17.8. The molecule has 1 aromatic carbocycles. The second-order valence-electron chi connectivity index (χ2n) is 5.77. The lowest BCUT2D eigenvalue weighted by atomic mass is 9.85. The molecule has 21 heavy (non-hydrogen) atoms. The minimum Gasteiger partial charge on any atom is -0.327 e. The van der Waals surface area contributed by atoms with Gasteiger partial charge in [-0.2, -0.15) is 13.2 Å². The van der Waals surface area contributed by atoms with E-state index in [1.54, 1.807) is 6.07 Å². The van der Waals surface area contributed by atoms with Gasteiger partial charge in [0.25, 0.3) is 0 Å². The average Bonchev–Trinajstić information content (AvgIpc) is 2.28. The van der Waals surface area contributed by atoms with Crippen molar-refractivity contribution in [2.75, 3.05) is 5.32 Å². The Morgan fingerprint density at radius 2 is 1.86 bits per heavy atom. The van der Waals surface area contributed by atoms with E-state index in [2.05, 4.69) is 5.32 Å². The van der Waals surface area contributed by atoms with Crippen molar-refractivity contribution in [2.45, 2.75) is 43.6 Å². The maximum Gasteiger partial charge on any atom is 0.446 e. The number of halogens is 3. The lowest BCUT2D eigenvalue weighted by Gasteiger charge is -2.26. The minimum atomic E-state index is -4.40. The summed E-state index contributed by atoms with van der Waals surface area (Å²) < 4.78 is 37.4. The van der Waals surface area contributed by atoms with Crippen LogP contribution in [0.4, 0.5) is 18.9 Å². The Hall–Kier alpha value is -1.21. The summed E-state index contributed by atoms with van der Waals surface area (Å²) in [6, 6.07) is 5.44. The van der Waals surface area contributed by atoms with E-state index in [0.29, 0.717) is 0 Å². The number of amides is 1. The summed E-state index contributed by atoms with van der Waals surface area (Å²) in [6.07, 6.45) is 0.0501. The van der Waals surface area contributed by atoms with Gasteiger partial charge in [0.05, 0.1) is 5.69 Å². The number of carbonyl (C=O) groups excluding carboxylic acids is 1. The van der Waals surface area contributed by atoms with Gasteiger partial charge in [-0.15, -0.1) is 0 Å². The van der Waals surface area contributed by atoms with Crippen LogP contribution in [0.25, 0.3) is 0 Å². The molecular formula is C14H19F3N2OS. The molecule has 118 valence electrons. The molecule has 3 nitrogen and oxygen atoms in total. The van der Waals surface area contributed by atoms with Gasteiger partial charge in [-0.25, -0.2) is 0 Å². The Kier molecular flexibility index (Phi) is 5.69. The topological polar surface area (TPSA) is 55.1 Å². The summed E-state index contributed by atoms with van der Waals surface area (Å²) in [4.78, 5) is 11.9. The average molecular weight is 320 g/mol. The highest BCUT2D eigenvalue weighted by Gasteiger charge is 2.30. The van der Waals surface area contributed by atoms with Crippen LogP contribution in [0.15, 0.2) is 29.2 Å². The molecule has 0 spiro atoms. The third-order valence-electron chi connectivity index (χ3n) is 2.90.